The number of hydrogen-bond donors (Lipinski definition) is 2. The topological polar surface area (TPSA) is 108 Å². The van der Waals surface area contributed by atoms with Gasteiger partial charge in [0.05, 0.1) is 25.2 Å². The first-order chi connectivity index (χ1) is 11.9. The van der Waals surface area contributed by atoms with Gasteiger partial charge in [0, 0.05) is 19.2 Å². The highest BCUT2D eigenvalue weighted by Crippen LogP contribution is 2.18. The highest BCUT2D eigenvalue weighted by atomic mass is 16.4. The molecule has 2 N–H and O–H groups in total. The van der Waals surface area contributed by atoms with Gasteiger partial charge in [0.2, 0.25) is 11.8 Å². The van der Waals surface area contributed by atoms with E-state index in [0.29, 0.717) is 30.7 Å². The Kier molecular flexibility index (Phi) is 4.95. The molecule has 0 aromatic carbocycles. The first-order valence-corrected chi connectivity index (χ1v) is 8.09. The Morgan fingerprint density at radius 1 is 1.40 bits per heavy atom. The molecule has 0 bridgehead atoms. The highest BCUT2D eigenvalue weighted by molar-refractivity contribution is 5.88. The average molecular weight is 346 g/mol. The maximum Gasteiger partial charge on any atom is 0.323 e. The maximum absolute atomic E-state index is 12.4. The highest BCUT2D eigenvalue weighted by Gasteiger charge is 2.37. The van der Waals surface area contributed by atoms with Crippen molar-refractivity contribution in [2.75, 3.05) is 25.5 Å². The fraction of sp³-hybridized carbons (Fsp3) is 0.500. The molecule has 2 atom stereocenters. The molecule has 2 amide bonds. The molecule has 3 rings (SSSR count). The van der Waals surface area contributed by atoms with E-state index in [1.807, 2.05) is 31.0 Å². The van der Waals surface area contributed by atoms with Gasteiger partial charge in [-0.1, -0.05) is 6.07 Å². The molecule has 1 aliphatic heterocycles. The van der Waals surface area contributed by atoms with Crippen LogP contribution in [0.5, 0.6) is 0 Å². The number of carbonyl (C=O) groups is 1. The van der Waals surface area contributed by atoms with Gasteiger partial charge in [0.15, 0.2) is 0 Å². The van der Waals surface area contributed by atoms with Crippen LogP contribution in [0.3, 0.4) is 0 Å². The van der Waals surface area contributed by atoms with Crippen molar-refractivity contribution in [1.82, 2.24) is 25.0 Å². The normalized spacial score (nSPS) is 20.3. The van der Waals surface area contributed by atoms with Crippen LogP contribution in [0.25, 0.3) is 0 Å². The van der Waals surface area contributed by atoms with Gasteiger partial charge in [-0.05, 0) is 26.1 Å². The molecule has 3 heterocycles. The Labute approximate surface area is 145 Å². The third-order valence-electron chi connectivity index (χ3n) is 4.19. The number of carbonyl (C=O) groups excluding carboxylic acids is 1. The molecule has 2 aromatic rings. The quantitative estimate of drug-likeness (QED) is 0.842. The summed E-state index contributed by atoms with van der Waals surface area (Å²) in [6.07, 6.45) is -0.648. The number of likely N-dealkylation sites (N-methyl/N-ethyl adjacent to an activating group) is 1. The summed E-state index contributed by atoms with van der Waals surface area (Å²) in [5.41, 5.74) is 0.826. The number of rotatable bonds is 4. The lowest BCUT2D eigenvalue weighted by Gasteiger charge is -2.24. The zero-order valence-electron chi connectivity index (χ0n) is 14.5. The van der Waals surface area contributed by atoms with Crippen LogP contribution in [0.4, 0.5) is 10.6 Å². The van der Waals surface area contributed by atoms with Crippen LogP contribution in [-0.2, 0) is 6.54 Å². The SMILES string of the molecule is Cc1cccc(NC(=O)N2C[C@@H](O)[C@H](N(C)Cc3nnc(C)o3)C2)n1. The van der Waals surface area contributed by atoms with Crippen LogP contribution in [-0.4, -0.2) is 68.4 Å². The number of nitrogens with zero attached hydrogens (tertiary/aromatic N) is 5. The van der Waals surface area contributed by atoms with Crippen LogP contribution >= 0.6 is 0 Å². The molecular weight excluding hydrogens is 324 g/mol. The summed E-state index contributed by atoms with van der Waals surface area (Å²) in [5, 5.41) is 20.8. The summed E-state index contributed by atoms with van der Waals surface area (Å²) < 4.78 is 5.37. The van der Waals surface area contributed by atoms with Gasteiger partial charge in [-0.2, -0.15) is 0 Å². The molecule has 1 saturated heterocycles. The zero-order chi connectivity index (χ0) is 18.0. The van der Waals surface area contributed by atoms with E-state index in [9.17, 15) is 9.90 Å². The summed E-state index contributed by atoms with van der Waals surface area (Å²) >= 11 is 0. The number of aromatic nitrogens is 3. The van der Waals surface area contributed by atoms with E-state index >= 15 is 0 Å². The van der Waals surface area contributed by atoms with Crippen molar-refractivity contribution in [1.29, 1.82) is 0 Å². The molecular formula is C16H22N6O3. The number of hydrogen-bond acceptors (Lipinski definition) is 7. The minimum absolute atomic E-state index is 0.205. The molecule has 0 aliphatic carbocycles. The number of urea groups is 1. The van der Waals surface area contributed by atoms with Crippen molar-refractivity contribution >= 4 is 11.8 Å². The van der Waals surface area contributed by atoms with Crippen LogP contribution in [0.2, 0.25) is 0 Å². The first-order valence-electron chi connectivity index (χ1n) is 8.09. The van der Waals surface area contributed by atoms with Gasteiger partial charge < -0.3 is 14.4 Å². The van der Waals surface area contributed by atoms with E-state index < -0.39 is 6.10 Å². The summed E-state index contributed by atoms with van der Waals surface area (Å²) in [7, 11) is 1.86. The number of aryl methyl sites for hydroxylation is 2. The minimum Gasteiger partial charge on any atom is -0.424 e. The Morgan fingerprint density at radius 3 is 2.88 bits per heavy atom. The molecule has 134 valence electrons. The second kappa shape index (κ2) is 7.16. The Balaban J connectivity index is 1.59. The lowest BCUT2D eigenvalue weighted by molar-refractivity contribution is 0.0900. The molecule has 0 radical (unpaired) electrons. The number of pyridine rings is 1. The van der Waals surface area contributed by atoms with Crippen molar-refractivity contribution in [2.24, 2.45) is 0 Å². The van der Waals surface area contributed by atoms with Gasteiger partial charge in [0.1, 0.15) is 5.82 Å². The van der Waals surface area contributed by atoms with E-state index in [2.05, 4.69) is 20.5 Å². The molecule has 9 nitrogen and oxygen atoms in total. The molecule has 9 heteroatoms. The Hall–Kier alpha value is -2.52. The van der Waals surface area contributed by atoms with Gasteiger partial charge in [-0.15, -0.1) is 10.2 Å². The van der Waals surface area contributed by atoms with E-state index in [1.54, 1.807) is 17.9 Å². The summed E-state index contributed by atoms with van der Waals surface area (Å²) in [5.74, 6) is 1.48. The zero-order valence-corrected chi connectivity index (χ0v) is 14.5. The van der Waals surface area contributed by atoms with Crippen molar-refractivity contribution in [3.05, 3.63) is 35.7 Å². The third kappa shape index (κ3) is 4.12. The van der Waals surface area contributed by atoms with E-state index in [-0.39, 0.29) is 18.6 Å². The molecule has 0 unspecified atom stereocenters. The van der Waals surface area contributed by atoms with Crippen LogP contribution in [0.15, 0.2) is 22.6 Å². The van der Waals surface area contributed by atoms with E-state index in [0.717, 1.165) is 5.69 Å². The number of aliphatic hydroxyl groups is 1. The third-order valence-corrected chi connectivity index (χ3v) is 4.19. The predicted octanol–water partition coefficient (Wildman–Crippen LogP) is 0.790. The van der Waals surface area contributed by atoms with E-state index in [1.165, 1.54) is 0 Å². The minimum atomic E-state index is -0.648. The molecule has 2 aromatic heterocycles. The lowest BCUT2D eigenvalue weighted by atomic mass is 10.2. The maximum atomic E-state index is 12.4. The molecule has 1 aliphatic rings. The van der Waals surface area contributed by atoms with Gasteiger partial charge in [-0.25, -0.2) is 9.78 Å². The average Bonchev–Trinajstić information content (AvgIpc) is 3.13. The summed E-state index contributed by atoms with van der Waals surface area (Å²) in [6, 6.07) is 4.95. The van der Waals surface area contributed by atoms with Crippen molar-refractivity contribution in [2.45, 2.75) is 32.5 Å². The monoisotopic (exact) mass is 346 g/mol. The van der Waals surface area contributed by atoms with Crippen LogP contribution in [0.1, 0.15) is 17.5 Å². The van der Waals surface area contributed by atoms with Crippen molar-refractivity contribution < 1.29 is 14.3 Å². The summed E-state index contributed by atoms with van der Waals surface area (Å²) in [6.45, 7) is 4.67. The van der Waals surface area contributed by atoms with Gasteiger partial charge >= 0.3 is 6.03 Å². The molecule has 1 fully saturated rings. The smallest absolute Gasteiger partial charge is 0.323 e. The fourth-order valence-corrected chi connectivity index (χ4v) is 2.90. The fourth-order valence-electron chi connectivity index (χ4n) is 2.90. The van der Waals surface area contributed by atoms with Crippen LogP contribution in [0, 0.1) is 13.8 Å². The van der Waals surface area contributed by atoms with Crippen molar-refractivity contribution in [3.63, 3.8) is 0 Å². The van der Waals surface area contributed by atoms with Crippen molar-refractivity contribution in [3.8, 4) is 0 Å². The number of nitrogens with one attached hydrogen (secondary N) is 1. The molecule has 0 spiro atoms. The van der Waals surface area contributed by atoms with E-state index in [4.69, 9.17) is 4.42 Å². The first kappa shape index (κ1) is 17.3. The molecule has 25 heavy (non-hydrogen) atoms. The largest absolute Gasteiger partial charge is 0.424 e. The van der Waals surface area contributed by atoms with Gasteiger partial charge in [0.25, 0.3) is 0 Å². The summed E-state index contributed by atoms with van der Waals surface area (Å²) in [4.78, 5) is 20.2. The second-order valence-electron chi connectivity index (χ2n) is 6.26. The Bertz CT molecular complexity index is 749. The second-order valence-corrected chi connectivity index (χ2v) is 6.26. The number of aliphatic hydroxyl groups excluding tert-OH is 1. The van der Waals surface area contributed by atoms with Gasteiger partial charge in [-0.3, -0.25) is 10.2 Å². The Morgan fingerprint density at radius 2 is 2.20 bits per heavy atom. The molecule has 0 saturated carbocycles. The number of anilines is 1. The number of β-amino-alcohol motifs (C(OH)–C–C–N with tert-alkyl or cyclic N) is 1. The number of likely N-dealkylation sites (tertiary alicyclic amines) is 1. The van der Waals surface area contributed by atoms with Crippen LogP contribution < -0.4 is 5.32 Å². The standard InChI is InChI=1S/C16H22N6O3/c1-10-5-4-6-14(17-10)18-16(24)22-7-12(13(23)8-22)21(3)9-15-20-19-11(2)25-15/h4-6,12-13,23H,7-9H2,1-3H3,(H,17,18,24)/t12-,13-/m1/s1. The lowest BCUT2D eigenvalue weighted by Crippen LogP contribution is -2.41. The number of amides is 2. The predicted molar refractivity (Wildman–Crippen MR) is 89.9 cm³/mol.